The van der Waals surface area contributed by atoms with Gasteiger partial charge in [0.25, 0.3) is 0 Å². The van der Waals surface area contributed by atoms with E-state index in [0.717, 1.165) is 3.57 Å². The van der Waals surface area contributed by atoms with E-state index >= 15 is 0 Å². The van der Waals surface area contributed by atoms with Gasteiger partial charge in [-0.15, -0.1) is 0 Å². The molecule has 0 atom stereocenters. The van der Waals surface area contributed by atoms with Crippen LogP contribution in [0.25, 0.3) is 11.3 Å². The Kier molecular flexibility index (Phi) is 2.77. The molecule has 0 amide bonds. The first kappa shape index (κ1) is 9.58. The predicted octanol–water partition coefficient (Wildman–Crippen LogP) is 3.49. The smallest absolute Gasteiger partial charge is 0.132 e. The van der Waals surface area contributed by atoms with Crippen LogP contribution in [-0.2, 0) is 0 Å². The highest BCUT2D eigenvalue weighted by molar-refractivity contribution is 14.1. The molecule has 14 heavy (non-hydrogen) atoms. The van der Waals surface area contributed by atoms with Crippen molar-refractivity contribution in [3.63, 3.8) is 0 Å². The number of hydrogen-bond acceptors (Lipinski definition) is 1. The van der Waals surface area contributed by atoms with Crippen molar-refractivity contribution in [2.45, 2.75) is 0 Å². The van der Waals surface area contributed by atoms with Crippen LogP contribution in [-0.4, -0.2) is 4.98 Å². The predicted molar refractivity (Wildman–Crippen MR) is 62.3 cm³/mol. The summed E-state index contributed by atoms with van der Waals surface area (Å²) in [7, 11) is 0. The largest absolute Gasteiger partial charge is 0.256 e. The Bertz CT molecular complexity index is 457. The van der Waals surface area contributed by atoms with Gasteiger partial charge in [-0.25, -0.2) is 4.39 Å². The molecule has 2 rings (SSSR count). The lowest BCUT2D eigenvalue weighted by Gasteiger charge is -2.01. The molecule has 0 fully saturated rings. The number of rotatable bonds is 1. The maximum atomic E-state index is 13.4. The fourth-order valence-electron chi connectivity index (χ4n) is 1.22. The van der Waals surface area contributed by atoms with Crippen LogP contribution in [0.3, 0.4) is 0 Å². The van der Waals surface area contributed by atoms with E-state index in [-0.39, 0.29) is 5.82 Å². The Morgan fingerprint density at radius 2 is 1.93 bits per heavy atom. The molecule has 0 aliphatic carbocycles. The molecule has 2 aromatic rings. The van der Waals surface area contributed by atoms with Gasteiger partial charge in [0.15, 0.2) is 0 Å². The molecule has 0 unspecified atom stereocenters. The van der Waals surface area contributed by atoms with E-state index in [9.17, 15) is 4.39 Å². The van der Waals surface area contributed by atoms with Crippen molar-refractivity contribution >= 4 is 22.6 Å². The Balaban J connectivity index is 2.55. The summed E-state index contributed by atoms with van der Waals surface area (Å²) in [5.41, 5.74) is 1.22. The quantitative estimate of drug-likeness (QED) is 0.735. The Labute approximate surface area is 95.1 Å². The van der Waals surface area contributed by atoms with Crippen molar-refractivity contribution in [2.24, 2.45) is 0 Å². The van der Waals surface area contributed by atoms with Crippen LogP contribution in [0.15, 0.2) is 42.6 Å². The van der Waals surface area contributed by atoms with Crippen LogP contribution in [0.5, 0.6) is 0 Å². The molecule has 70 valence electrons. The zero-order valence-electron chi connectivity index (χ0n) is 7.24. The summed E-state index contributed by atoms with van der Waals surface area (Å²) in [6.07, 6.45) is 1.68. The van der Waals surface area contributed by atoms with Crippen molar-refractivity contribution < 1.29 is 4.39 Å². The summed E-state index contributed by atoms with van der Waals surface area (Å²) in [6, 6.07) is 10.4. The molecule has 1 aromatic carbocycles. The monoisotopic (exact) mass is 299 g/mol. The molecular formula is C11H7FIN. The van der Waals surface area contributed by atoms with E-state index < -0.39 is 0 Å². The first-order chi connectivity index (χ1) is 6.77. The number of hydrogen-bond donors (Lipinski definition) is 0. The van der Waals surface area contributed by atoms with Crippen molar-refractivity contribution in [1.29, 1.82) is 0 Å². The topological polar surface area (TPSA) is 12.9 Å². The maximum Gasteiger partial charge on any atom is 0.132 e. The second-order valence-electron chi connectivity index (χ2n) is 2.84. The van der Waals surface area contributed by atoms with Crippen LogP contribution in [0.4, 0.5) is 4.39 Å². The zero-order chi connectivity index (χ0) is 9.97. The molecule has 0 radical (unpaired) electrons. The Morgan fingerprint density at radius 1 is 1.14 bits per heavy atom. The minimum absolute atomic E-state index is 0.234. The summed E-state index contributed by atoms with van der Waals surface area (Å²) in [6.45, 7) is 0. The van der Waals surface area contributed by atoms with Crippen molar-refractivity contribution in [1.82, 2.24) is 4.98 Å². The summed E-state index contributed by atoms with van der Waals surface area (Å²) in [5.74, 6) is -0.234. The van der Waals surface area contributed by atoms with Crippen molar-refractivity contribution in [2.75, 3.05) is 0 Å². The first-order valence-electron chi connectivity index (χ1n) is 4.14. The number of halogens is 2. The molecule has 1 heterocycles. The van der Waals surface area contributed by atoms with E-state index in [1.165, 1.54) is 6.07 Å². The van der Waals surface area contributed by atoms with Crippen LogP contribution in [0, 0.1) is 9.39 Å². The fraction of sp³-hybridized carbons (Fsp3) is 0. The second-order valence-corrected chi connectivity index (χ2v) is 4.08. The molecule has 3 heteroatoms. The highest BCUT2D eigenvalue weighted by Gasteiger charge is 2.04. The molecule has 1 aromatic heterocycles. The average Bonchev–Trinajstić information content (AvgIpc) is 2.18. The molecule has 1 nitrogen and oxygen atoms in total. The molecule has 0 saturated carbocycles. The molecule has 0 N–H and O–H groups in total. The van der Waals surface area contributed by atoms with Gasteiger partial charge < -0.3 is 0 Å². The molecular weight excluding hydrogens is 292 g/mol. The standard InChI is InChI=1S/C11H7FIN/c12-10-4-2-1-3-9(10)11-7-8(13)5-6-14-11/h1-7H. The van der Waals surface area contributed by atoms with E-state index in [1.807, 2.05) is 12.1 Å². The van der Waals surface area contributed by atoms with Crippen molar-refractivity contribution in [3.05, 3.63) is 52.0 Å². The minimum Gasteiger partial charge on any atom is -0.256 e. The van der Waals surface area contributed by atoms with Gasteiger partial charge in [0.2, 0.25) is 0 Å². The average molecular weight is 299 g/mol. The number of nitrogens with zero attached hydrogens (tertiary/aromatic N) is 1. The molecule has 0 bridgehead atoms. The number of aromatic nitrogens is 1. The van der Waals surface area contributed by atoms with Gasteiger partial charge in [0, 0.05) is 15.3 Å². The van der Waals surface area contributed by atoms with Crippen LogP contribution in [0.2, 0.25) is 0 Å². The van der Waals surface area contributed by atoms with Crippen LogP contribution < -0.4 is 0 Å². The molecule has 0 spiro atoms. The van der Waals surface area contributed by atoms with Gasteiger partial charge in [-0.3, -0.25) is 4.98 Å². The van der Waals surface area contributed by atoms with E-state index in [4.69, 9.17) is 0 Å². The third-order valence-electron chi connectivity index (χ3n) is 1.87. The molecule has 0 aliphatic rings. The SMILES string of the molecule is Fc1ccccc1-c1cc(I)ccn1. The summed E-state index contributed by atoms with van der Waals surface area (Å²) >= 11 is 2.18. The summed E-state index contributed by atoms with van der Waals surface area (Å²) < 4.78 is 14.4. The fourth-order valence-corrected chi connectivity index (χ4v) is 1.68. The Morgan fingerprint density at radius 3 is 2.64 bits per heavy atom. The lowest BCUT2D eigenvalue weighted by Crippen LogP contribution is -1.87. The van der Waals surface area contributed by atoms with Gasteiger partial charge in [0.1, 0.15) is 5.82 Å². The highest BCUT2D eigenvalue weighted by Crippen LogP contribution is 2.21. The van der Waals surface area contributed by atoms with Gasteiger partial charge in [0.05, 0.1) is 5.69 Å². The third kappa shape index (κ3) is 1.92. The molecule has 0 saturated heterocycles. The summed E-state index contributed by atoms with van der Waals surface area (Å²) in [5, 5.41) is 0. The summed E-state index contributed by atoms with van der Waals surface area (Å²) in [4.78, 5) is 4.13. The van der Waals surface area contributed by atoms with Gasteiger partial charge in [-0.05, 0) is 46.9 Å². The maximum absolute atomic E-state index is 13.4. The molecule has 0 aliphatic heterocycles. The lowest BCUT2D eigenvalue weighted by molar-refractivity contribution is 0.630. The van der Waals surface area contributed by atoms with Gasteiger partial charge in [-0.1, -0.05) is 12.1 Å². The number of benzene rings is 1. The van der Waals surface area contributed by atoms with Crippen LogP contribution in [0.1, 0.15) is 0 Å². The highest BCUT2D eigenvalue weighted by atomic mass is 127. The normalized spacial score (nSPS) is 10.1. The zero-order valence-corrected chi connectivity index (χ0v) is 9.40. The van der Waals surface area contributed by atoms with Gasteiger partial charge >= 0.3 is 0 Å². The van der Waals surface area contributed by atoms with Gasteiger partial charge in [-0.2, -0.15) is 0 Å². The third-order valence-corrected chi connectivity index (χ3v) is 2.54. The van der Waals surface area contributed by atoms with E-state index in [1.54, 1.807) is 24.4 Å². The van der Waals surface area contributed by atoms with E-state index in [0.29, 0.717) is 11.3 Å². The van der Waals surface area contributed by atoms with Crippen LogP contribution >= 0.6 is 22.6 Å². The van der Waals surface area contributed by atoms with Crippen molar-refractivity contribution in [3.8, 4) is 11.3 Å². The van der Waals surface area contributed by atoms with E-state index in [2.05, 4.69) is 27.6 Å². The lowest BCUT2D eigenvalue weighted by atomic mass is 10.1. The second kappa shape index (κ2) is 4.04. The minimum atomic E-state index is -0.234. The Hall–Kier alpha value is -0.970. The number of pyridine rings is 1. The first-order valence-corrected chi connectivity index (χ1v) is 5.22.